The zero-order valence-corrected chi connectivity index (χ0v) is 11.1. The zero-order chi connectivity index (χ0) is 13.8. The summed E-state index contributed by atoms with van der Waals surface area (Å²) in [6, 6.07) is 15.7. The molecule has 4 heteroatoms. The SMILES string of the molecule is O=C1CCNc2ccc(OCc3ccccc3)cc2N1. The lowest BCUT2D eigenvalue weighted by Gasteiger charge is -2.11. The summed E-state index contributed by atoms with van der Waals surface area (Å²) in [5, 5.41) is 6.10. The molecule has 0 saturated heterocycles. The number of ether oxygens (including phenoxy) is 1. The summed E-state index contributed by atoms with van der Waals surface area (Å²) in [5.74, 6) is 0.771. The Morgan fingerprint density at radius 2 is 1.90 bits per heavy atom. The smallest absolute Gasteiger partial charge is 0.226 e. The van der Waals surface area contributed by atoms with E-state index in [0.29, 0.717) is 19.6 Å². The van der Waals surface area contributed by atoms with Gasteiger partial charge in [0.2, 0.25) is 5.91 Å². The van der Waals surface area contributed by atoms with Crippen LogP contribution >= 0.6 is 0 Å². The van der Waals surface area contributed by atoms with E-state index in [0.717, 1.165) is 22.7 Å². The van der Waals surface area contributed by atoms with Gasteiger partial charge >= 0.3 is 0 Å². The molecular formula is C16H16N2O2. The normalized spacial score (nSPS) is 13.7. The third-order valence-electron chi connectivity index (χ3n) is 3.18. The van der Waals surface area contributed by atoms with Crippen LogP contribution in [-0.2, 0) is 11.4 Å². The first-order valence-electron chi connectivity index (χ1n) is 6.66. The molecule has 2 N–H and O–H groups in total. The molecule has 0 aromatic heterocycles. The van der Waals surface area contributed by atoms with E-state index in [1.165, 1.54) is 0 Å². The summed E-state index contributed by atoms with van der Waals surface area (Å²) < 4.78 is 5.76. The number of anilines is 2. The molecule has 0 saturated carbocycles. The highest BCUT2D eigenvalue weighted by molar-refractivity contribution is 5.96. The molecule has 102 valence electrons. The molecule has 0 bridgehead atoms. The van der Waals surface area contributed by atoms with Crippen LogP contribution in [0.25, 0.3) is 0 Å². The topological polar surface area (TPSA) is 50.4 Å². The molecule has 0 aliphatic carbocycles. The Hall–Kier alpha value is -2.49. The fourth-order valence-electron chi connectivity index (χ4n) is 2.14. The number of rotatable bonds is 3. The maximum absolute atomic E-state index is 11.5. The third-order valence-corrected chi connectivity index (χ3v) is 3.18. The van der Waals surface area contributed by atoms with Crippen molar-refractivity contribution in [2.24, 2.45) is 0 Å². The van der Waals surface area contributed by atoms with Crippen molar-refractivity contribution in [2.45, 2.75) is 13.0 Å². The number of nitrogens with one attached hydrogen (secondary N) is 2. The van der Waals surface area contributed by atoms with E-state index in [9.17, 15) is 4.79 Å². The summed E-state index contributed by atoms with van der Waals surface area (Å²) >= 11 is 0. The van der Waals surface area contributed by atoms with Gasteiger partial charge in [0.25, 0.3) is 0 Å². The van der Waals surface area contributed by atoms with Crippen LogP contribution in [0.15, 0.2) is 48.5 Å². The number of carbonyl (C=O) groups excluding carboxylic acids is 1. The minimum absolute atomic E-state index is 0.0245. The van der Waals surface area contributed by atoms with Crippen molar-refractivity contribution in [1.29, 1.82) is 0 Å². The molecule has 1 heterocycles. The van der Waals surface area contributed by atoms with Crippen molar-refractivity contribution in [3.05, 3.63) is 54.1 Å². The molecule has 1 aliphatic rings. The van der Waals surface area contributed by atoms with Crippen molar-refractivity contribution >= 4 is 17.3 Å². The maximum Gasteiger partial charge on any atom is 0.226 e. The van der Waals surface area contributed by atoms with E-state index in [2.05, 4.69) is 10.6 Å². The second-order valence-electron chi connectivity index (χ2n) is 4.71. The van der Waals surface area contributed by atoms with Gasteiger partial charge in [0, 0.05) is 19.0 Å². The van der Waals surface area contributed by atoms with Crippen LogP contribution in [0.4, 0.5) is 11.4 Å². The summed E-state index contributed by atoms with van der Waals surface area (Å²) in [7, 11) is 0. The molecule has 2 aromatic rings. The second-order valence-corrected chi connectivity index (χ2v) is 4.71. The first-order valence-corrected chi connectivity index (χ1v) is 6.66. The van der Waals surface area contributed by atoms with Crippen LogP contribution in [0, 0.1) is 0 Å². The van der Waals surface area contributed by atoms with Gasteiger partial charge in [-0.1, -0.05) is 30.3 Å². The van der Waals surface area contributed by atoms with Gasteiger partial charge in [-0.2, -0.15) is 0 Å². The average Bonchev–Trinajstić information content (AvgIpc) is 2.66. The Balaban J connectivity index is 1.73. The highest BCUT2D eigenvalue weighted by Gasteiger charge is 2.12. The number of hydrogen-bond donors (Lipinski definition) is 2. The highest BCUT2D eigenvalue weighted by Crippen LogP contribution is 2.29. The molecule has 0 radical (unpaired) electrons. The predicted molar refractivity (Wildman–Crippen MR) is 79.0 cm³/mol. The van der Waals surface area contributed by atoms with Gasteiger partial charge in [-0.15, -0.1) is 0 Å². The molecule has 1 aliphatic heterocycles. The van der Waals surface area contributed by atoms with E-state index in [4.69, 9.17) is 4.74 Å². The van der Waals surface area contributed by atoms with Crippen molar-refractivity contribution in [1.82, 2.24) is 0 Å². The number of amides is 1. The molecule has 0 unspecified atom stereocenters. The van der Waals surface area contributed by atoms with Crippen LogP contribution in [0.5, 0.6) is 5.75 Å². The monoisotopic (exact) mass is 268 g/mol. The molecule has 0 spiro atoms. The maximum atomic E-state index is 11.5. The minimum Gasteiger partial charge on any atom is -0.489 e. The van der Waals surface area contributed by atoms with Gasteiger partial charge in [0.05, 0.1) is 11.4 Å². The Bertz CT molecular complexity index is 611. The number of fused-ring (bicyclic) bond motifs is 1. The molecule has 20 heavy (non-hydrogen) atoms. The second kappa shape index (κ2) is 5.65. The van der Waals surface area contributed by atoms with Gasteiger partial charge in [-0.25, -0.2) is 0 Å². The lowest BCUT2D eigenvalue weighted by molar-refractivity contribution is -0.115. The first kappa shape index (κ1) is 12.5. The van der Waals surface area contributed by atoms with E-state index in [1.807, 2.05) is 48.5 Å². The van der Waals surface area contributed by atoms with Crippen LogP contribution in [0.2, 0.25) is 0 Å². The van der Waals surface area contributed by atoms with Gasteiger partial charge in [0.15, 0.2) is 0 Å². The van der Waals surface area contributed by atoms with Crippen LogP contribution in [-0.4, -0.2) is 12.5 Å². The molecule has 0 fully saturated rings. The fourth-order valence-corrected chi connectivity index (χ4v) is 2.14. The Morgan fingerprint density at radius 3 is 2.75 bits per heavy atom. The van der Waals surface area contributed by atoms with Crippen molar-refractivity contribution in [2.75, 3.05) is 17.2 Å². The summed E-state index contributed by atoms with van der Waals surface area (Å²) in [6.45, 7) is 1.17. The zero-order valence-electron chi connectivity index (χ0n) is 11.1. The summed E-state index contributed by atoms with van der Waals surface area (Å²) in [4.78, 5) is 11.5. The molecule has 0 atom stereocenters. The highest BCUT2D eigenvalue weighted by atomic mass is 16.5. The Labute approximate surface area is 117 Å². The van der Waals surface area contributed by atoms with Crippen molar-refractivity contribution in [3.63, 3.8) is 0 Å². The molecular weight excluding hydrogens is 252 g/mol. The molecule has 2 aromatic carbocycles. The minimum atomic E-state index is 0.0245. The lowest BCUT2D eigenvalue weighted by Crippen LogP contribution is -2.10. The van der Waals surface area contributed by atoms with E-state index >= 15 is 0 Å². The van der Waals surface area contributed by atoms with Gasteiger partial charge in [-0.05, 0) is 17.7 Å². The fraction of sp³-hybridized carbons (Fsp3) is 0.188. The third kappa shape index (κ3) is 2.91. The van der Waals surface area contributed by atoms with Gasteiger partial charge in [0.1, 0.15) is 12.4 Å². The quantitative estimate of drug-likeness (QED) is 0.899. The Morgan fingerprint density at radius 1 is 1.05 bits per heavy atom. The number of benzene rings is 2. The standard InChI is InChI=1S/C16H16N2O2/c19-16-8-9-17-14-7-6-13(10-15(14)18-16)20-11-12-4-2-1-3-5-12/h1-7,10,17H,8-9,11H2,(H,18,19). The van der Waals surface area contributed by atoms with Gasteiger partial charge < -0.3 is 15.4 Å². The van der Waals surface area contributed by atoms with Crippen LogP contribution in [0.1, 0.15) is 12.0 Å². The lowest BCUT2D eigenvalue weighted by atomic mass is 10.2. The van der Waals surface area contributed by atoms with E-state index in [1.54, 1.807) is 0 Å². The predicted octanol–water partition coefficient (Wildman–Crippen LogP) is 3.02. The van der Waals surface area contributed by atoms with E-state index < -0.39 is 0 Å². The molecule has 1 amide bonds. The van der Waals surface area contributed by atoms with Crippen molar-refractivity contribution < 1.29 is 9.53 Å². The van der Waals surface area contributed by atoms with Gasteiger partial charge in [-0.3, -0.25) is 4.79 Å². The molecule has 4 nitrogen and oxygen atoms in total. The summed E-state index contributed by atoms with van der Waals surface area (Å²) in [5.41, 5.74) is 2.82. The van der Waals surface area contributed by atoms with Crippen molar-refractivity contribution in [3.8, 4) is 5.75 Å². The van der Waals surface area contributed by atoms with Crippen LogP contribution < -0.4 is 15.4 Å². The van der Waals surface area contributed by atoms with Crippen LogP contribution in [0.3, 0.4) is 0 Å². The molecule has 3 rings (SSSR count). The largest absolute Gasteiger partial charge is 0.489 e. The Kier molecular flexibility index (Phi) is 3.54. The number of hydrogen-bond acceptors (Lipinski definition) is 3. The summed E-state index contributed by atoms with van der Waals surface area (Å²) in [6.07, 6.45) is 0.481. The van der Waals surface area contributed by atoms with E-state index in [-0.39, 0.29) is 5.91 Å². The average molecular weight is 268 g/mol. The first-order chi connectivity index (χ1) is 9.81. The number of carbonyl (C=O) groups is 1.